The van der Waals surface area contributed by atoms with Gasteiger partial charge in [-0.3, -0.25) is 13.7 Å². The van der Waals surface area contributed by atoms with Crippen LogP contribution in [0.5, 0.6) is 5.75 Å². The number of carbonyl (C=O) groups excluding carboxylic acids is 1. The fourth-order valence-electron chi connectivity index (χ4n) is 4.47. The van der Waals surface area contributed by atoms with Crippen molar-refractivity contribution in [3.63, 3.8) is 0 Å². The van der Waals surface area contributed by atoms with Crippen molar-refractivity contribution in [3.8, 4) is 22.8 Å². The van der Waals surface area contributed by atoms with Gasteiger partial charge >= 0.3 is 0 Å². The molecule has 0 spiro atoms. The van der Waals surface area contributed by atoms with E-state index in [1.807, 2.05) is 53.1 Å². The maximum absolute atomic E-state index is 13.1. The molecule has 1 amide bonds. The van der Waals surface area contributed by atoms with Gasteiger partial charge < -0.3 is 14.6 Å². The van der Waals surface area contributed by atoms with Gasteiger partial charge in [0.1, 0.15) is 12.1 Å². The number of ether oxygens (including phenoxy) is 1. The van der Waals surface area contributed by atoms with E-state index in [-0.39, 0.29) is 17.4 Å². The summed E-state index contributed by atoms with van der Waals surface area (Å²) < 4.78 is 40.5. The lowest BCUT2D eigenvalue weighted by Gasteiger charge is -2.20. The Hall–Kier alpha value is -5.49. The quantitative estimate of drug-likeness (QED) is 0.234. The standard InChI is InChI=1S/C31H26N6O5S/c1-21(38)33-23-9-17-27(18-10-23)43(39,40)36(2)24-13-15-26(16-14-24)41-19-30-34-31(35-42-30)22-7-11-25(12-8-22)37-20-32-28-5-3-4-6-29(28)37/h3-18,20H,19H2,1-2H3,(H,33,38). The summed E-state index contributed by atoms with van der Waals surface area (Å²) in [5.74, 6) is 1.00. The summed E-state index contributed by atoms with van der Waals surface area (Å²) in [5.41, 5.74) is 4.66. The molecule has 4 aromatic carbocycles. The molecule has 11 nitrogen and oxygen atoms in total. The average molecular weight is 595 g/mol. The maximum atomic E-state index is 13.1. The zero-order valence-electron chi connectivity index (χ0n) is 23.2. The number of hydrogen-bond acceptors (Lipinski definition) is 8. The number of amides is 1. The van der Waals surface area contributed by atoms with E-state index in [2.05, 4.69) is 20.4 Å². The largest absolute Gasteiger partial charge is 0.484 e. The number of para-hydroxylation sites is 2. The molecule has 0 saturated carbocycles. The van der Waals surface area contributed by atoms with Crippen molar-refractivity contribution >= 4 is 38.3 Å². The molecule has 0 fully saturated rings. The van der Waals surface area contributed by atoms with E-state index >= 15 is 0 Å². The third-order valence-corrected chi connectivity index (χ3v) is 8.52. The molecule has 2 aromatic heterocycles. The predicted octanol–water partition coefficient (Wildman–Crippen LogP) is 5.44. The predicted molar refractivity (Wildman–Crippen MR) is 161 cm³/mol. The highest BCUT2D eigenvalue weighted by Crippen LogP contribution is 2.26. The van der Waals surface area contributed by atoms with Gasteiger partial charge in [0.25, 0.3) is 15.9 Å². The Labute approximate surface area is 247 Å². The van der Waals surface area contributed by atoms with E-state index in [0.717, 1.165) is 22.3 Å². The molecular weight excluding hydrogens is 568 g/mol. The van der Waals surface area contributed by atoms with E-state index in [9.17, 15) is 13.2 Å². The van der Waals surface area contributed by atoms with Crippen LogP contribution in [0.3, 0.4) is 0 Å². The summed E-state index contributed by atoms with van der Waals surface area (Å²) in [6.07, 6.45) is 1.79. The van der Waals surface area contributed by atoms with Crippen molar-refractivity contribution in [2.45, 2.75) is 18.4 Å². The number of fused-ring (bicyclic) bond motifs is 1. The molecule has 0 bridgehead atoms. The molecule has 12 heteroatoms. The molecule has 0 unspecified atom stereocenters. The normalized spacial score (nSPS) is 11.4. The number of aromatic nitrogens is 4. The van der Waals surface area contributed by atoms with Crippen LogP contribution in [0, 0.1) is 0 Å². The smallest absolute Gasteiger partial charge is 0.264 e. The van der Waals surface area contributed by atoms with Crippen LogP contribution in [0.25, 0.3) is 28.1 Å². The number of nitrogens with one attached hydrogen (secondary N) is 1. The Balaban J connectivity index is 1.08. The molecule has 1 N–H and O–H groups in total. The highest BCUT2D eigenvalue weighted by Gasteiger charge is 2.21. The molecular formula is C31H26N6O5S. The number of imidazole rings is 1. The van der Waals surface area contributed by atoms with Crippen molar-refractivity contribution in [1.82, 2.24) is 19.7 Å². The number of nitrogens with zero attached hydrogens (tertiary/aromatic N) is 5. The molecule has 6 aromatic rings. The average Bonchev–Trinajstić information content (AvgIpc) is 3.68. The fraction of sp³-hybridized carbons (Fsp3) is 0.0968. The van der Waals surface area contributed by atoms with Gasteiger partial charge in [-0.15, -0.1) is 0 Å². The molecule has 6 rings (SSSR count). The van der Waals surface area contributed by atoms with E-state index in [1.54, 1.807) is 42.7 Å². The fourth-order valence-corrected chi connectivity index (χ4v) is 5.67. The maximum Gasteiger partial charge on any atom is 0.264 e. The summed E-state index contributed by atoms with van der Waals surface area (Å²) in [6, 6.07) is 28.3. The Morgan fingerprint density at radius 3 is 2.40 bits per heavy atom. The molecule has 0 aliphatic heterocycles. The molecule has 43 heavy (non-hydrogen) atoms. The Morgan fingerprint density at radius 2 is 1.67 bits per heavy atom. The Bertz CT molecular complexity index is 2000. The summed E-state index contributed by atoms with van der Waals surface area (Å²) in [7, 11) is -2.34. The summed E-state index contributed by atoms with van der Waals surface area (Å²) in [5, 5.41) is 6.69. The number of carbonyl (C=O) groups is 1. The lowest BCUT2D eigenvalue weighted by atomic mass is 10.2. The zero-order chi connectivity index (χ0) is 30.0. The van der Waals surface area contributed by atoms with Crippen molar-refractivity contribution in [2.24, 2.45) is 0 Å². The molecule has 0 aliphatic carbocycles. The molecule has 0 aliphatic rings. The summed E-state index contributed by atoms with van der Waals surface area (Å²) in [4.78, 5) is 20.2. The first-order valence-electron chi connectivity index (χ1n) is 13.2. The topological polar surface area (TPSA) is 132 Å². The van der Waals surface area contributed by atoms with Gasteiger partial charge in [0.15, 0.2) is 6.61 Å². The highest BCUT2D eigenvalue weighted by atomic mass is 32.2. The first kappa shape index (κ1) is 27.7. The SMILES string of the molecule is CC(=O)Nc1ccc(S(=O)(=O)N(C)c2ccc(OCc3nc(-c4ccc(-n5cnc6ccccc65)cc4)no3)cc2)cc1. The van der Waals surface area contributed by atoms with Gasteiger partial charge in [0.05, 0.1) is 21.6 Å². The zero-order valence-corrected chi connectivity index (χ0v) is 24.0. The Morgan fingerprint density at radius 1 is 0.953 bits per heavy atom. The highest BCUT2D eigenvalue weighted by molar-refractivity contribution is 7.92. The van der Waals surface area contributed by atoms with Crippen LogP contribution in [0.2, 0.25) is 0 Å². The van der Waals surface area contributed by atoms with E-state index in [4.69, 9.17) is 9.26 Å². The van der Waals surface area contributed by atoms with Crippen molar-refractivity contribution in [2.75, 3.05) is 16.7 Å². The number of rotatable bonds is 9. The minimum Gasteiger partial charge on any atom is -0.484 e. The number of sulfonamides is 1. The van der Waals surface area contributed by atoms with E-state index in [1.165, 1.54) is 30.4 Å². The van der Waals surface area contributed by atoms with E-state index < -0.39 is 10.0 Å². The minimum absolute atomic E-state index is 0.0419. The second kappa shape index (κ2) is 11.4. The van der Waals surface area contributed by atoms with Crippen molar-refractivity contribution in [1.29, 1.82) is 0 Å². The first-order chi connectivity index (χ1) is 20.8. The van der Waals surface area contributed by atoms with Crippen LogP contribution in [-0.2, 0) is 21.4 Å². The van der Waals surface area contributed by atoms with Crippen molar-refractivity contribution < 1.29 is 22.5 Å². The third-order valence-electron chi connectivity index (χ3n) is 6.72. The van der Waals surface area contributed by atoms with Crippen LogP contribution in [-0.4, -0.2) is 41.1 Å². The Kier molecular flexibility index (Phi) is 7.34. The summed E-state index contributed by atoms with van der Waals surface area (Å²) in [6.45, 7) is 1.43. The second-order valence-corrected chi connectivity index (χ2v) is 11.6. The van der Waals surface area contributed by atoms with Crippen LogP contribution in [0.15, 0.2) is 113 Å². The van der Waals surface area contributed by atoms with Crippen molar-refractivity contribution in [3.05, 3.63) is 109 Å². The van der Waals surface area contributed by atoms with Gasteiger partial charge in [-0.05, 0) is 84.9 Å². The third kappa shape index (κ3) is 5.81. The van der Waals surface area contributed by atoms with Crippen LogP contribution in [0.1, 0.15) is 12.8 Å². The number of benzene rings is 4. The molecule has 0 atom stereocenters. The molecule has 216 valence electrons. The van der Waals surface area contributed by atoms with Gasteiger partial charge in [-0.2, -0.15) is 4.98 Å². The van der Waals surface area contributed by atoms with Gasteiger partial charge in [-0.1, -0.05) is 17.3 Å². The van der Waals surface area contributed by atoms with Gasteiger partial charge in [-0.25, -0.2) is 13.4 Å². The monoisotopic (exact) mass is 594 g/mol. The molecule has 0 saturated heterocycles. The minimum atomic E-state index is -3.81. The molecule has 2 heterocycles. The van der Waals surface area contributed by atoms with E-state index in [0.29, 0.717) is 28.8 Å². The first-order valence-corrected chi connectivity index (χ1v) is 14.7. The lowest BCUT2D eigenvalue weighted by molar-refractivity contribution is -0.114. The van der Waals surface area contributed by atoms with Gasteiger partial charge in [0, 0.05) is 30.9 Å². The van der Waals surface area contributed by atoms with Crippen LogP contribution in [0.4, 0.5) is 11.4 Å². The number of anilines is 2. The van der Waals surface area contributed by atoms with Crippen LogP contribution >= 0.6 is 0 Å². The second-order valence-electron chi connectivity index (χ2n) is 9.62. The number of hydrogen-bond donors (Lipinski definition) is 1. The molecule has 0 radical (unpaired) electrons. The van der Waals surface area contributed by atoms with Gasteiger partial charge in [0.2, 0.25) is 11.7 Å². The van der Waals surface area contributed by atoms with Crippen LogP contribution < -0.4 is 14.4 Å². The summed E-state index contributed by atoms with van der Waals surface area (Å²) >= 11 is 0. The lowest BCUT2D eigenvalue weighted by Crippen LogP contribution is -2.26.